The van der Waals surface area contributed by atoms with Gasteiger partial charge in [0.05, 0.1) is 17.0 Å². The zero-order valence-corrected chi connectivity index (χ0v) is 17.7. The molecule has 2 aromatic heterocycles. The van der Waals surface area contributed by atoms with Crippen molar-refractivity contribution < 1.29 is 9.15 Å². The number of hydrogen-bond acceptors (Lipinski definition) is 5. The molecule has 0 bridgehead atoms. The lowest BCUT2D eigenvalue weighted by Crippen LogP contribution is -2.39. The van der Waals surface area contributed by atoms with Crippen molar-refractivity contribution in [1.82, 2.24) is 15.6 Å². The van der Waals surface area contributed by atoms with Crippen LogP contribution in [-0.4, -0.2) is 43.8 Å². The third kappa shape index (κ3) is 6.95. The number of fused-ring (bicyclic) bond motifs is 1. The molecule has 0 aliphatic heterocycles. The lowest BCUT2D eigenvalue weighted by atomic mass is 10.0. The molecule has 7 heteroatoms. The molecule has 0 saturated heterocycles. The molecule has 1 aliphatic carbocycles. The number of thiazole rings is 1. The Hall–Kier alpha value is -1.86. The third-order valence-corrected chi connectivity index (χ3v) is 5.90. The fourth-order valence-corrected chi connectivity index (χ4v) is 4.39. The molecule has 0 unspecified atom stereocenters. The molecule has 1 aliphatic rings. The maximum Gasteiger partial charge on any atom is 0.191 e. The van der Waals surface area contributed by atoms with E-state index < -0.39 is 0 Å². The van der Waals surface area contributed by atoms with Crippen LogP contribution in [0.5, 0.6) is 0 Å². The van der Waals surface area contributed by atoms with Crippen LogP contribution in [0, 0.1) is 0 Å². The van der Waals surface area contributed by atoms with E-state index in [0.29, 0.717) is 0 Å². The standard InChI is InChI=1S/C21H32N4O2S/c1-2-26-15-6-12-22-21(23-13-10-17-7-5-16-27-17)24-14-11-20-25-18-8-3-4-9-19(18)28-20/h5,7,16H,2-4,6,8-15H2,1H3,(H2,22,23,24). The van der Waals surface area contributed by atoms with Gasteiger partial charge >= 0.3 is 0 Å². The fraction of sp³-hybridized carbons (Fsp3) is 0.619. The molecule has 0 fully saturated rings. The number of guanidine groups is 1. The Morgan fingerprint density at radius 1 is 1.25 bits per heavy atom. The van der Waals surface area contributed by atoms with E-state index in [4.69, 9.17) is 14.1 Å². The van der Waals surface area contributed by atoms with Gasteiger partial charge in [0.1, 0.15) is 5.76 Å². The van der Waals surface area contributed by atoms with Crippen LogP contribution in [0.1, 0.15) is 47.5 Å². The van der Waals surface area contributed by atoms with Crippen molar-refractivity contribution in [2.45, 2.75) is 51.9 Å². The van der Waals surface area contributed by atoms with Crippen LogP contribution in [0.2, 0.25) is 0 Å². The molecule has 2 heterocycles. The van der Waals surface area contributed by atoms with Gasteiger partial charge in [-0.1, -0.05) is 0 Å². The van der Waals surface area contributed by atoms with Gasteiger partial charge in [-0.15, -0.1) is 11.3 Å². The Bertz CT molecular complexity index is 689. The Labute approximate surface area is 171 Å². The van der Waals surface area contributed by atoms with E-state index in [1.165, 1.54) is 34.8 Å². The number of aliphatic imine (C=N–C) groups is 1. The summed E-state index contributed by atoms with van der Waals surface area (Å²) in [5.74, 6) is 1.83. The molecule has 154 valence electrons. The molecule has 0 aromatic carbocycles. The first-order valence-electron chi connectivity index (χ1n) is 10.4. The molecule has 6 nitrogen and oxygen atoms in total. The first kappa shape index (κ1) is 20.9. The van der Waals surface area contributed by atoms with Gasteiger partial charge in [0.2, 0.25) is 0 Å². The highest BCUT2D eigenvalue weighted by Gasteiger charge is 2.14. The highest BCUT2D eigenvalue weighted by atomic mass is 32.1. The van der Waals surface area contributed by atoms with Crippen molar-refractivity contribution in [3.8, 4) is 0 Å². The van der Waals surface area contributed by atoms with E-state index in [-0.39, 0.29) is 0 Å². The summed E-state index contributed by atoms with van der Waals surface area (Å²) in [7, 11) is 0. The van der Waals surface area contributed by atoms with Crippen LogP contribution in [0.4, 0.5) is 0 Å². The van der Waals surface area contributed by atoms with Gasteiger partial charge in [0, 0.05) is 50.6 Å². The molecular weight excluding hydrogens is 372 g/mol. The summed E-state index contributed by atoms with van der Waals surface area (Å²) in [5.41, 5.74) is 1.34. The highest BCUT2D eigenvalue weighted by Crippen LogP contribution is 2.26. The number of nitrogens with one attached hydrogen (secondary N) is 2. The van der Waals surface area contributed by atoms with Gasteiger partial charge in [0.15, 0.2) is 5.96 Å². The summed E-state index contributed by atoms with van der Waals surface area (Å²) >= 11 is 1.89. The van der Waals surface area contributed by atoms with Crippen LogP contribution in [0.25, 0.3) is 0 Å². The highest BCUT2D eigenvalue weighted by molar-refractivity contribution is 7.11. The molecule has 28 heavy (non-hydrogen) atoms. The van der Waals surface area contributed by atoms with Gasteiger partial charge in [-0.05, 0) is 51.2 Å². The first-order chi connectivity index (χ1) is 13.8. The van der Waals surface area contributed by atoms with Crippen molar-refractivity contribution in [2.24, 2.45) is 4.99 Å². The molecule has 0 radical (unpaired) electrons. The van der Waals surface area contributed by atoms with Crippen LogP contribution < -0.4 is 10.6 Å². The molecule has 2 aromatic rings. The summed E-state index contributed by atoms with van der Waals surface area (Å²) in [6.45, 7) is 5.91. The SMILES string of the molecule is CCOCCCN=C(NCCc1ccco1)NCCc1nc2c(s1)CCCC2. The quantitative estimate of drug-likeness (QED) is 0.341. The zero-order valence-electron chi connectivity index (χ0n) is 16.8. The molecule has 0 spiro atoms. The zero-order chi connectivity index (χ0) is 19.4. The van der Waals surface area contributed by atoms with E-state index in [1.807, 2.05) is 30.4 Å². The summed E-state index contributed by atoms with van der Waals surface area (Å²) < 4.78 is 10.8. The smallest absolute Gasteiger partial charge is 0.191 e. The van der Waals surface area contributed by atoms with Crippen molar-refractivity contribution in [2.75, 3.05) is 32.8 Å². The summed E-state index contributed by atoms with van der Waals surface area (Å²) in [4.78, 5) is 11.0. The van der Waals surface area contributed by atoms with E-state index >= 15 is 0 Å². The monoisotopic (exact) mass is 404 g/mol. The Kier molecular flexibility index (Phi) is 8.84. The molecule has 0 amide bonds. The average molecular weight is 405 g/mol. The van der Waals surface area contributed by atoms with Crippen molar-refractivity contribution in [1.29, 1.82) is 0 Å². The minimum absolute atomic E-state index is 0.752. The molecule has 0 saturated carbocycles. The predicted molar refractivity (Wildman–Crippen MR) is 114 cm³/mol. The average Bonchev–Trinajstić information content (AvgIpc) is 3.36. The number of aryl methyl sites for hydroxylation is 2. The van der Waals surface area contributed by atoms with Gasteiger partial charge in [0.25, 0.3) is 0 Å². The van der Waals surface area contributed by atoms with E-state index in [1.54, 1.807) is 6.26 Å². The van der Waals surface area contributed by atoms with Gasteiger partial charge in [-0.2, -0.15) is 0 Å². The number of hydrogen-bond donors (Lipinski definition) is 2. The second-order valence-corrected chi connectivity index (χ2v) is 8.07. The number of aromatic nitrogens is 1. The number of furan rings is 1. The Morgan fingerprint density at radius 3 is 2.89 bits per heavy atom. The minimum atomic E-state index is 0.752. The molecular formula is C21H32N4O2S. The van der Waals surface area contributed by atoms with Crippen LogP contribution in [0.3, 0.4) is 0 Å². The molecule has 3 rings (SSSR count). The van der Waals surface area contributed by atoms with E-state index in [9.17, 15) is 0 Å². The van der Waals surface area contributed by atoms with Crippen LogP contribution in [0.15, 0.2) is 27.8 Å². The third-order valence-electron chi connectivity index (χ3n) is 4.69. The van der Waals surface area contributed by atoms with E-state index in [0.717, 1.165) is 70.3 Å². The van der Waals surface area contributed by atoms with Crippen LogP contribution >= 0.6 is 11.3 Å². The number of rotatable bonds is 11. The number of nitrogens with zero attached hydrogens (tertiary/aromatic N) is 2. The topological polar surface area (TPSA) is 71.7 Å². The minimum Gasteiger partial charge on any atom is -0.469 e. The van der Waals surface area contributed by atoms with E-state index in [2.05, 4.69) is 15.6 Å². The predicted octanol–water partition coefficient (Wildman–Crippen LogP) is 3.36. The van der Waals surface area contributed by atoms with Crippen molar-refractivity contribution in [3.63, 3.8) is 0 Å². The first-order valence-corrected chi connectivity index (χ1v) is 11.3. The maximum absolute atomic E-state index is 5.40. The van der Waals surface area contributed by atoms with Gasteiger partial charge in [-0.3, -0.25) is 4.99 Å². The van der Waals surface area contributed by atoms with Gasteiger partial charge < -0.3 is 19.8 Å². The second-order valence-electron chi connectivity index (χ2n) is 6.90. The number of ether oxygens (including phenoxy) is 1. The van der Waals surface area contributed by atoms with Crippen molar-refractivity contribution in [3.05, 3.63) is 39.7 Å². The van der Waals surface area contributed by atoms with Crippen molar-refractivity contribution >= 4 is 17.3 Å². The second kappa shape index (κ2) is 11.9. The summed E-state index contributed by atoms with van der Waals surface area (Å²) in [5, 5.41) is 8.10. The fourth-order valence-electron chi connectivity index (χ4n) is 3.24. The summed E-state index contributed by atoms with van der Waals surface area (Å²) in [6, 6.07) is 3.92. The lowest BCUT2D eigenvalue weighted by molar-refractivity contribution is 0.146. The van der Waals surface area contributed by atoms with Crippen LogP contribution in [-0.2, 0) is 30.4 Å². The Balaban J connectivity index is 1.44. The lowest BCUT2D eigenvalue weighted by Gasteiger charge is -2.12. The Morgan fingerprint density at radius 2 is 2.11 bits per heavy atom. The van der Waals surface area contributed by atoms with Gasteiger partial charge in [-0.25, -0.2) is 4.98 Å². The largest absolute Gasteiger partial charge is 0.469 e. The summed E-state index contributed by atoms with van der Waals surface area (Å²) in [6.07, 6.45) is 9.38. The molecule has 0 atom stereocenters. The maximum atomic E-state index is 5.40. The molecule has 2 N–H and O–H groups in total. The normalized spacial score (nSPS) is 14.1.